The molecule has 0 radical (unpaired) electrons. The quantitative estimate of drug-likeness (QED) is 0.786. The minimum Gasteiger partial charge on any atom is -0.356 e. The van der Waals surface area contributed by atoms with Crippen molar-refractivity contribution >= 4 is 26.7 Å². The van der Waals surface area contributed by atoms with Crippen molar-refractivity contribution in [1.29, 1.82) is 0 Å². The maximum absolute atomic E-state index is 12.1. The lowest BCUT2D eigenvalue weighted by atomic mass is 9.81. The predicted octanol–water partition coefficient (Wildman–Crippen LogP) is 2.93. The van der Waals surface area contributed by atoms with E-state index in [4.69, 9.17) is 0 Å². The molecule has 0 aliphatic heterocycles. The molecular weight excluding hydrogens is 369 g/mol. The van der Waals surface area contributed by atoms with E-state index >= 15 is 0 Å². The van der Waals surface area contributed by atoms with Gasteiger partial charge in [0.1, 0.15) is 17.8 Å². The Morgan fingerprint density at radius 1 is 1.31 bits per heavy atom. The zero-order chi connectivity index (χ0) is 18.9. The molecule has 1 N–H and O–H groups in total. The van der Waals surface area contributed by atoms with Crippen molar-refractivity contribution < 1.29 is 21.6 Å². The van der Waals surface area contributed by atoms with Crippen LogP contribution in [0, 0.1) is 5.92 Å². The van der Waals surface area contributed by atoms with E-state index in [1.54, 1.807) is 6.20 Å². The van der Waals surface area contributed by atoms with Gasteiger partial charge in [-0.3, -0.25) is 0 Å². The zero-order valence-corrected chi connectivity index (χ0v) is 15.1. The van der Waals surface area contributed by atoms with Crippen LogP contribution in [0.3, 0.4) is 0 Å². The third kappa shape index (κ3) is 4.46. The number of fused-ring (bicyclic) bond motifs is 1. The monoisotopic (exact) mass is 390 g/mol. The Kier molecular flexibility index (Phi) is 5.14. The number of nitrogens with zero attached hydrogens (tertiary/aromatic N) is 3. The van der Waals surface area contributed by atoms with Gasteiger partial charge in [-0.2, -0.15) is 13.2 Å². The molecule has 2 aromatic rings. The fourth-order valence-electron chi connectivity index (χ4n) is 3.40. The van der Waals surface area contributed by atoms with Crippen LogP contribution in [0.15, 0.2) is 18.6 Å². The summed E-state index contributed by atoms with van der Waals surface area (Å²) in [6.07, 6.45) is -1.09. The van der Waals surface area contributed by atoms with Gasteiger partial charge in [0.05, 0.1) is 16.9 Å². The van der Waals surface area contributed by atoms with E-state index in [2.05, 4.69) is 15.0 Å². The molecule has 0 atom stereocenters. The molecule has 1 fully saturated rings. The van der Waals surface area contributed by atoms with Crippen molar-refractivity contribution in [3.05, 3.63) is 18.6 Å². The summed E-state index contributed by atoms with van der Waals surface area (Å²) in [4.78, 5) is 13.5. The average Bonchev–Trinajstić information content (AvgIpc) is 2.96. The first-order valence-corrected chi connectivity index (χ1v) is 10.2. The fraction of sp³-hybridized carbons (Fsp3) is 0.625. The van der Waals surface area contributed by atoms with E-state index in [0.717, 1.165) is 16.9 Å². The molecule has 1 saturated carbocycles. The average molecular weight is 390 g/mol. The van der Waals surface area contributed by atoms with Crippen LogP contribution in [0.1, 0.15) is 25.7 Å². The van der Waals surface area contributed by atoms with Gasteiger partial charge in [0, 0.05) is 25.7 Å². The SMILES string of the molecule is CN(c1ncnc2[nH]ccc12)C1CC(CS(=O)(=O)CCCC(F)(F)F)C1. The van der Waals surface area contributed by atoms with E-state index in [9.17, 15) is 21.6 Å². The predicted molar refractivity (Wildman–Crippen MR) is 92.7 cm³/mol. The molecule has 0 saturated heterocycles. The summed E-state index contributed by atoms with van der Waals surface area (Å²) in [5.74, 6) is 0.326. The third-order valence-electron chi connectivity index (χ3n) is 4.83. The summed E-state index contributed by atoms with van der Waals surface area (Å²) in [6, 6.07) is 2.06. The van der Waals surface area contributed by atoms with Crippen LogP contribution < -0.4 is 4.90 Å². The number of aromatic nitrogens is 3. The number of rotatable bonds is 7. The lowest BCUT2D eigenvalue weighted by molar-refractivity contribution is -0.134. The molecular formula is C16H21F3N4O2S. The van der Waals surface area contributed by atoms with Crippen molar-refractivity contribution in [3.8, 4) is 0 Å². The number of H-pyrrole nitrogens is 1. The summed E-state index contributed by atoms with van der Waals surface area (Å²) in [6.45, 7) is 0. The number of hydrogen-bond acceptors (Lipinski definition) is 5. The maximum atomic E-state index is 12.1. The van der Waals surface area contributed by atoms with Crippen LogP contribution in [-0.4, -0.2) is 54.1 Å². The fourth-order valence-corrected chi connectivity index (χ4v) is 5.14. The molecule has 0 bridgehead atoms. The molecule has 2 aromatic heterocycles. The van der Waals surface area contributed by atoms with Crippen LogP contribution in [-0.2, 0) is 9.84 Å². The number of sulfone groups is 1. The normalized spacial score (nSPS) is 20.9. The number of aromatic amines is 1. The summed E-state index contributed by atoms with van der Waals surface area (Å²) in [5.41, 5.74) is 0.741. The van der Waals surface area contributed by atoms with Gasteiger partial charge in [0.15, 0.2) is 9.84 Å². The Hall–Kier alpha value is -1.84. The molecule has 10 heteroatoms. The number of alkyl halides is 3. The summed E-state index contributed by atoms with van der Waals surface area (Å²) >= 11 is 0. The zero-order valence-electron chi connectivity index (χ0n) is 14.3. The second kappa shape index (κ2) is 7.05. The number of nitrogens with one attached hydrogen (secondary N) is 1. The van der Waals surface area contributed by atoms with E-state index in [0.29, 0.717) is 12.8 Å². The van der Waals surface area contributed by atoms with Gasteiger partial charge >= 0.3 is 6.18 Å². The van der Waals surface area contributed by atoms with Gasteiger partial charge < -0.3 is 9.88 Å². The summed E-state index contributed by atoms with van der Waals surface area (Å²) in [5, 5.41) is 0.901. The molecule has 3 rings (SSSR count). The molecule has 0 spiro atoms. The Bertz CT molecular complexity index is 860. The minimum absolute atomic E-state index is 0.0121. The van der Waals surface area contributed by atoms with E-state index in [1.807, 2.05) is 18.0 Å². The standard InChI is InChI=1S/C16H21F3N4O2S/c1-23(15-13-3-5-20-14(13)21-10-22-15)12-7-11(8-12)9-26(24,25)6-2-4-16(17,18)19/h3,5,10-12H,2,4,6-9H2,1H3,(H,20,21,22). The largest absolute Gasteiger partial charge is 0.389 e. The Morgan fingerprint density at radius 2 is 2.04 bits per heavy atom. The molecule has 0 amide bonds. The molecule has 0 aromatic carbocycles. The summed E-state index contributed by atoms with van der Waals surface area (Å²) in [7, 11) is -1.54. The highest BCUT2D eigenvalue weighted by Crippen LogP contribution is 2.36. The van der Waals surface area contributed by atoms with Gasteiger partial charge in [-0.25, -0.2) is 18.4 Å². The maximum Gasteiger partial charge on any atom is 0.389 e. The van der Waals surface area contributed by atoms with Crippen LogP contribution in [0.4, 0.5) is 19.0 Å². The highest BCUT2D eigenvalue weighted by atomic mass is 32.2. The molecule has 2 heterocycles. The van der Waals surface area contributed by atoms with Crippen molar-refractivity contribution in [2.45, 2.75) is 37.9 Å². The Morgan fingerprint density at radius 3 is 2.73 bits per heavy atom. The number of halogens is 3. The number of hydrogen-bond donors (Lipinski definition) is 1. The van der Waals surface area contributed by atoms with E-state index in [-0.39, 0.29) is 24.1 Å². The highest BCUT2D eigenvalue weighted by molar-refractivity contribution is 7.91. The third-order valence-corrected chi connectivity index (χ3v) is 6.72. The Balaban J connectivity index is 1.51. The van der Waals surface area contributed by atoms with Gasteiger partial charge in [-0.05, 0) is 31.2 Å². The lowest BCUT2D eigenvalue weighted by Gasteiger charge is -2.41. The van der Waals surface area contributed by atoms with Crippen LogP contribution in [0.2, 0.25) is 0 Å². The van der Waals surface area contributed by atoms with E-state index in [1.165, 1.54) is 6.33 Å². The van der Waals surface area contributed by atoms with Crippen molar-refractivity contribution in [2.24, 2.45) is 5.92 Å². The molecule has 0 unspecified atom stereocenters. The van der Waals surface area contributed by atoms with Crippen LogP contribution >= 0.6 is 0 Å². The summed E-state index contributed by atoms with van der Waals surface area (Å²) < 4.78 is 60.4. The Labute approximate surface area is 149 Å². The first-order chi connectivity index (χ1) is 12.1. The molecule has 144 valence electrons. The second-order valence-corrected chi connectivity index (χ2v) is 9.10. The van der Waals surface area contributed by atoms with E-state index < -0.39 is 28.2 Å². The molecule has 26 heavy (non-hydrogen) atoms. The van der Waals surface area contributed by atoms with Crippen LogP contribution in [0.5, 0.6) is 0 Å². The van der Waals surface area contributed by atoms with Gasteiger partial charge in [0.2, 0.25) is 0 Å². The molecule has 1 aliphatic rings. The van der Waals surface area contributed by atoms with Gasteiger partial charge in [-0.1, -0.05) is 0 Å². The highest BCUT2D eigenvalue weighted by Gasteiger charge is 2.36. The minimum atomic E-state index is -4.30. The lowest BCUT2D eigenvalue weighted by Crippen LogP contribution is -2.45. The van der Waals surface area contributed by atoms with Gasteiger partial charge in [-0.15, -0.1) is 0 Å². The van der Waals surface area contributed by atoms with Crippen molar-refractivity contribution in [3.63, 3.8) is 0 Å². The first kappa shape index (κ1) is 18.9. The number of anilines is 1. The second-order valence-electron chi connectivity index (χ2n) is 6.87. The van der Waals surface area contributed by atoms with Crippen molar-refractivity contribution in [2.75, 3.05) is 23.5 Å². The smallest absolute Gasteiger partial charge is 0.356 e. The van der Waals surface area contributed by atoms with Crippen molar-refractivity contribution in [1.82, 2.24) is 15.0 Å². The molecule has 6 nitrogen and oxygen atoms in total. The van der Waals surface area contributed by atoms with Gasteiger partial charge in [0.25, 0.3) is 0 Å². The topological polar surface area (TPSA) is 79.0 Å². The van der Waals surface area contributed by atoms with Crippen LogP contribution in [0.25, 0.3) is 11.0 Å². The first-order valence-electron chi connectivity index (χ1n) is 8.43. The molecule has 1 aliphatic carbocycles.